The minimum Gasteiger partial charge on any atom is -0.437 e. The number of anilines is 1. The van der Waals surface area contributed by atoms with E-state index in [0.29, 0.717) is 35.9 Å². The predicted molar refractivity (Wildman–Crippen MR) is 97.6 cm³/mol. The first-order valence-corrected chi connectivity index (χ1v) is 8.25. The van der Waals surface area contributed by atoms with Crippen LogP contribution in [-0.2, 0) is 6.54 Å². The smallest absolute Gasteiger partial charge is 0.266 e. The second-order valence-electron chi connectivity index (χ2n) is 6.04. The highest BCUT2D eigenvalue weighted by atomic mass is 16.3. The van der Waals surface area contributed by atoms with Gasteiger partial charge in [0.1, 0.15) is 11.1 Å². The van der Waals surface area contributed by atoms with Gasteiger partial charge in [0.25, 0.3) is 5.56 Å². The summed E-state index contributed by atoms with van der Waals surface area (Å²) in [7, 11) is 0. The average molecular weight is 329 g/mol. The third-order valence-electron chi connectivity index (χ3n) is 4.53. The minimum absolute atomic E-state index is 0.0604. The molecule has 0 amide bonds. The Morgan fingerprint density at radius 3 is 2.36 bits per heavy atom. The monoisotopic (exact) mass is 329 g/mol. The zero-order valence-electron chi connectivity index (χ0n) is 13.4. The maximum atomic E-state index is 13.1. The quantitative estimate of drug-likeness (QED) is 0.608. The zero-order valence-corrected chi connectivity index (χ0v) is 13.4. The predicted octanol–water partition coefficient (Wildman–Crippen LogP) is 3.75. The molecule has 25 heavy (non-hydrogen) atoms. The summed E-state index contributed by atoms with van der Waals surface area (Å²) in [5, 5.41) is 3.67. The molecule has 0 bridgehead atoms. The van der Waals surface area contributed by atoms with Crippen LogP contribution in [0.3, 0.4) is 0 Å². The van der Waals surface area contributed by atoms with Gasteiger partial charge in [-0.15, -0.1) is 0 Å². The van der Waals surface area contributed by atoms with E-state index in [1.165, 1.54) is 0 Å². The van der Waals surface area contributed by atoms with Gasteiger partial charge in [-0.3, -0.25) is 9.36 Å². The lowest BCUT2D eigenvalue weighted by molar-refractivity contribution is 0.616. The molecule has 0 unspecified atom stereocenters. The second-order valence-corrected chi connectivity index (χ2v) is 6.04. The van der Waals surface area contributed by atoms with Crippen molar-refractivity contribution in [2.24, 2.45) is 0 Å². The summed E-state index contributed by atoms with van der Waals surface area (Å²) >= 11 is 0. The highest BCUT2D eigenvalue weighted by Crippen LogP contribution is 2.39. The Labute approximate surface area is 143 Å². The second kappa shape index (κ2) is 5.34. The maximum Gasteiger partial charge on any atom is 0.266 e. The van der Waals surface area contributed by atoms with E-state index in [2.05, 4.69) is 10.3 Å². The van der Waals surface area contributed by atoms with Crippen molar-refractivity contribution in [1.82, 2.24) is 9.55 Å². The SMILES string of the molecule is O=c1c2c(-c3ccccc3)c(-c3ccccc3)oc2nc2n1CCN2. The Morgan fingerprint density at radius 1 is 0.960 bits per heavy atom. The third kappa shape index (κ3) is 2.09. The number of aromatic nitrogens is 2. The van der Waals surface area contributed by atoms with Crippen LogP contribution in [0.15, 0.2) is 69.9 Å². The number of nitrogens with zero attached hydrogens (tertiary/aromatic N) is 2. The fourth-order valence-corrected chi connectivity index (χ4v) is 3.38. The molecule has 1 aliphatic heterocycles. The lowest BCUT2D eigenvalue weighted by Crippen LogP contribution is -2.18. The van der Waals surface area contributed by atoms with Crippen LogP contribution in [0.4, 0.5) is 5.95 Å². The zero-order chi connectivity index (χ0) is 16.8. The van der Waals surface area contributed by atoms with Gasteiger partial charge in [-0.25, -0.2) is 0 Å². The van der Waals surface area contributed by atoms with Gasteiger partial charge in [0.15, 0.2) is 0 Å². The molecule has 4 aromatic rings. The van der Waals surface area contributed by atoms with Crippen molar-refractivity contribution in [2.75, 3.05) is 11.9 Å². The molecule has 5 rings (SSSR count). The molecular weight excluding hydrogens is 314 g/mol. The van der Waals surface area contributed by atoms with Gasteiger partial charge in [-0.2, -0.15) is 4.98 Å². The summed E-state index contributed by atoms with van der Waals surface area (Å²) in [6.45, 7) is 1.33. The summed E-state index contributed by atoms with van der Waals surface area (Å²) in [5.74, 6) is 1.25. The molecule has 0 radical (unpaired) electrons. The Kier molecular flexibility index (Phi) is 3.00. The maximum absolute atomic E-state index is 13.1. The first-order valence-electron chi connectivity index (χ1n) is 8.25. The first kappa shape index (κ1) is 14.0. The van der Waals surface area contributed by atoms with Gasteiger partial charge >= 0.3 is 0 Å². The minimum atomic E-state index is -0.0604. The molecule has 0 saturated heterocycles. The van der Waals surface area contributed by atoms with Crippen LogP contribution < -0.4 is 10.9 Å². The normalized spacial score (nSPS) is 13.0. The summed E-state index contributed by atoms with van der Waals surface area (Å²) in [6, 6.07) is 19.7. The molecule has 0 atom stereocenters. The number of fused-ring (bicyclic) bond motifs is 2. The third-order valence-corrected chi connectivity index (χ3v) is 4.53. The molecule has 0 spiro atoms. The standard InChI is InChI=1S/C20H15N3O2/c24-19-16-15(13-7-3-1-4-8-13)17(14-9-5-2-6-10-14)25-18(16)22-20-21-11-12-23(19)20/h1-10H,11-12H2,(H,21,22). The van der Waals surface area contributed by atoms with E-state index in [1.807, 2.05) is 60.7 Å². The van der Waals surface area contributed by atoms with Crippen molar-refractivity contribution < 1.29 is 4.42 Å². The number of hydrogen-bond donors (Lipinski definition) is 1. The topological polar surface area (TPSA) is 60.1 Å². The molecule has 2 aromatic carbocycles. The average Bonchev–Trinajstić information content (AvgIpc) is 3.28. The molecule has 2 aromatic heterocycles. The van der Waals surface area contributed by atoms with Crippen molar-refractivity contribution in [3.63, 3.8) is 0 Å². The molecular formula is C20H15N3O2. The van der Waals surface area contributed by atoms with Crippen molar-refractivity contribution in [2.45, 2.75) is 6.54 Å². The van der Waals surface area contributed by atoms with Crippen LogP contribution in [-0.4, -0.2) is 16.1 Å². The van der Waals surface area contributed by atoms with Crippen molar-refractivity contribution >= 4 is 17.0 Å². The molecule has 5 heteroatoms. The Bertz CT molecular complexity index is 1130. The van der Waals surface area contributed by atoms with E-state index < -0.39 is 0 Å². The summed E-state index contributed by atoms with van der Waals surface area (Å²) in [4.78, 5) is 17.6. The highest BCUT2D eigenvalue weighted by Gasteiger charge is 2.25. The van der Waals surface area contributed by atoms with Gasteiger partial charge < -0.3 is 9.73 Å². The van der Waals surface area contributed by atoms with Crippen LogP contribution in [0.2, 0.25) is 0 Å². The Balaban J connectivity index is 1.92. The van der Waals surface area contributed by atoms with Crippen LogP contribution in [0.5, 0.6) is 0 Å². The van der Waals surface area contributed by atoms with Crippen molar-refractivity contribution in [3.05, 3.63) is 71.0 Å². The van der Waals surface area contributed by atoms with Crippen LogP contribution in [0.1, 0.15) is 0 Å². The van der Waals surface area contributed by atoms with Crippen LogP contribution in [0, 0.1) is 0 Å². The van der Waals surface area contributed by atoms with E-state index in [1.54, 1.807) is 4.57 Å². The van der Waals surface area contributed by atoms with E-state index in [-0.39, 0.29) is 5.56 Å². The van der Waals surface area contributed by atoms with Crippen molar-refractivity contribution in [1.29, 1.82) is 0 Å². The van der Waals surface area contributed by atoms with Gasteiger partial charge in [0, 0.05) is 24.2 Å². The summed E-state index contributed by atoms with van der Waals surface area (Å²) in [6.07, 6.45) is 0. The number of nitrogens with one attached hydrogen (secondary N) is 1. The lowest BCUT2D eigenvalue weighted by atomic mass is 10.00. The molecule has 0 fully saturated rings. The van der Waals surface area contributed by atoms with E-state index >= 15 is 0 Å². The molecule has 0 saturated carbocycles. The number of furan rings is 1. The van der Waals surface area contributed by atoms with E-state index in [4.69, 9.17) is 4.42 Å². The molecule has 122 valence electrons. The van der Waals surface area contributed by atoms with E-state index in [0.717, 1.165) is 16.7 Å². The first-order chi connectivity index (χ1) is 12.3. The van der Waals surface area contributed by atoms with Gasteiger partial charge in [0.05, 0.1) is 0 Å². The molecule has 0 aliphatic carbocycles. The van der Waals surface area contributed by atoms with Gasteiger partial charge in [-0.1, -0.05) is 60.7 Å². The number of rotatable bonds is 2. The lowest BCUT2D eigenvalue weighted by Gasteiger charge is -2.04. The molecule has 1 N–H and O–H groups in total. The number of hydrogen-bond acceptors (Lipinski definition) is 4. The van der Waals surface area contributed by atoms with Crippen LogP contribution >= 0.6 is 0 Å². The molecule has 1 aliphatic rings. The van der Waals surface area contributed by atoms with E-state index in [9.17, 15) is 4.79 Å². The van der Waals surface area contributed by atoms with Gasteiger partial charge in [-0.05, 0) is 5.56 Å². The summed E-state index contributed by atoms with van der Waals surface area (Å²) in [5.41, 5.74) is 3.00. The Hall–Kier alpha value is -3.34. The number of benzene rings is 2. The molecule has 3 heterocycles. The molecule has 5 nitrogen and oxygen atoms in total. The van der Waals surface area contributed by atoms with Crippen molar-refractivity contribution in [3.8, 4) is 22.5 Å². The summed E-state index contributed by atoms with van der Waals surface area (Å²) < 4.78 is 7.76. The van der Waals surface area contributed by atoms with Crippen LogP contribution in [0.25, 0.3) is 33.6 Å². The fourth-order valence-electron chi connectivity index (χ4n) is 3.38. The highest BCUT2D eigenvalue weighted by molar-refractivity contribution is 6.00. The Morgan fingerprint density at radius 2 is 1.64 bits per heavy atom. The largest absolute Gasteiger partial charge is 0.437 e. The van der Waals surface area contributed by atoms with Gasteiger partial charge in [0.2, 0.25) is 11.7 Å². The fraction of sp³-hybridized carbons (Fsp3) is 0.100.